The van der Waals surface area contributed by atoms with Crippen LogP contribution in [0.3, 0.4) is 0 Å². The smallest absolute Gasteiger partial charge is 0.164 e. The van der Waals surface area contributed by atoms with Crippen molar-refractivity contribution in [2.24, 2.45) is 22.2 Å². The Labute approximate surface area is 332 Å². The summed E-state index contributed by atoms with van der Waals surface area (Å²) in [6, 6.07) is 23.3. The Morgan fingerprint density at radius 3 is 2.11 bits per heavy atom. The third kappa shape index (κ3) is 8.73. The van der Waals surface area contributed by atoms with Crippen molar-refractivity contribution in [2.75, 3.05) is 0 Å². The first-order valence-electron chi connectivity index (χ1n) is 19.5. The van der Waals surface area contributed by atoms with E-state index in [-0.39, 0.29) is 47.9 Å². The topological polar surface area (TPSA) is 59.4 Å². The van der Waals surface area contributed by atoms with E-state index in [0.717, 1.165) is 78.5 Å². The molecule has 1 aromatic heterocycles. The first-order valence-corrected chi connectivity index (χ1v) is 19.5. The molecule has 1 N–H and O–H groups in total. The van der Waals surface area contributed by atoms with Crippen molar-refractivity contribution in [1.29, 1.82) is 0 Å². The van der Waals surface area contributed by atoms with Gasteiger partial charge in [-0.25, -0.2) is 0 Å². The molecule has 0 amide bonds. The number of aliphatic hydroxyl groups excluding tert-OH is 1. The Balaban J connectivity index is 0.000000299. The maximum Gasteiger partial charge on any atom is 0.164 e. The second kappa shape index (κ2) is 16.9. The number of benzene rings is 4. The normalized spacial score (nSPS) is 13.0. The molecule has 0 saturated heterocycles. The summed E-state index contributed by atoms with van der Waals surface area (Å²) in [5, 5.41) is 17.3. The number of carbonyl (C=O) groups excluding carboxylic acids is 1. The predicted octanol–water partition coefficient (Wildman–Crippen LogP) is 13.9. The molecule has 0 aliphatic carbocycles. The van der Waals surface area contributed by atoms with E-state index >= 15 is 0 Å². The van der Waals surface area contributed by atoms with E-state index in [9.17, 15) is 9.90 Å². The minimum Gasteiger partial charge on any atom is -0.512 e. The largest absolute Gasteiger partial charge is 0.512 e. The van der Waals surface area contributed by atoms with Gasteiger partial charge in [0.05, 0.1) is 5.75 Å². The van der Waals surface area contributed by atoms with Crippen LogP contribution < -0.4 is 4.74 Å². The van der Waals surface area contributed by atoms with Gasteiger partial charge in [0.15, 0.2) is 5.78 Å². The van der Waals surface area contributed by atoms with Crippen molar-refractivity contribution < 1.29 is 34.7 Å². The van der Waals surface area contributed by atoms with Gasteiger partial charge < -0.3 is 9.84 Å². The van der Waals surface area contributed by atoms with E-state index in [0.29, 0.717) is 5.92 Å². The quantitative estimate of drug-likeness (QED) is 0.0609. The molecule has 1 aliphatic rings. The van der Waals surface area contributed by atoms with E-state index in [1.165, 1.54) is 38.7 Å². The Morgan fingerprint density at radius 1 is 0.849 bits per heavy atom. The average Bonchev–Trinajstić information content (AvgIpc) is 3.12. The fourth-order valence-corrected chi connectivity index (χ4v) is 7.23. The molecule has 0 bridgehead atoms. The second-order valence-electron chi connectivity index (χ2n) is 17.0. The van der Waals surface area contributed by atoms with Crippen LogP contribution in [0.15, 0.2) is 72.6 Å². The second-order valence-corrected chi connectivity index (χ2v) is 17.0. The van der Waals surface area contributed by atoms with E-state index in [1.54, 1.807) is 0 Å². The molecule has 53 heavy (non-hydrogen) atoms. The zero-order valence-corrected chi connectivity index (χ0v) is 36.3. The molecule has 0 saturated carbocycles. The van der Waals surface area contributed by atoms with E-state index in [4.69, 9.17) is 9.72 Å². The van der Waals surface area contributed by atoms with Crippen molar-refractivity contribution in [1.82, 2.24) is 4.98 Å². The van der Waals surface area contributed by atoms with Gasteiger partial charge in [0.2, 0.25) is 0 Å². The Kier molecular flexibility index (Phi) is 13.4. The van der Waals surface area contributed by atoms with Gasteiger partial charge in [-0.3, -0.25) is 9.78 Å². The summed E-state index contributed by atoms with van der Waals surface area (Å²) >= 11 is 0. The van der Waals surface area contributed by atoms with E-state index in [2.05, 4.69) is 95.3 Å². The number of ketones is 1. The maximum absolute atomic E-state index is 12.2. The predicted molar refractivity (Wildman–Crippen MR) is 221 cm³/mol. The number of rotatable bonds is 11. The molecule has 5 aromatic rings. The number of aromatic nitrogens is 1. The molecule has 1 radical (unpaired) electrons. The molecule has 0 unspecified atom stereocenters. The van der Waals surface area contributed by atoms with Gasteiger partial charge in [0.25, 0.3) is 0 Å². The third-order valence-corrected chi connectivity index (χ3v) is 11.7. The molecule has 0 atom stereocenters. The molecule has 0 fully saturated rings. The van der Waals surface area contributed by atoms with Gasteiger partial charge in [-0.1, -0.05) is 129 Å². The monoisotopic (exact) mass is 891 g/mol. The molecular formula is C48H60IrNO3-. The van der Waals surface area contributed by atoms with Crippen LogP contribution in [0.5, 0.6) is 11.5 Å². The van der Waals surface area contributed by atoms with Gasteiger partial charge in [-0.05, 0) is 90.1 Å². The number of pyridine rings is 1. The molecule has 5 heteroatoms. The van der Waals surface area contributed by atoms with Gasteiger partial charge >= 0.3 is 0 Å². The molecule has 2 heterocycles. The van der Waals surface area contributed by atoms with Crippen LogP contribution >= 0.6 is 0 Å². The number of aryl methyl sites for hydroxylation is 1. The molecule has 0 spiro atoms. The Morgan fingerprint density at radius 2 is 1.49 bits per heavy atom. The van der Waals surface area contributed by atoms with Crippen LogP contribution in [-0.4, -0.2) is 15.9 Å². The van der Waals surface area contributed by atoms with Crippen LogP contribution in [-0.2, 0) is 37.7 Å². The van der Waals surface area contributed by atoms with E-state index in [1.807, 2.05) is 47.7 Å². The minimum atomic E-state index is -0.337. The van der Waals surface area contributed by atoms with Crippen molar-refractivity contribution in [3.8, 4) is 22.8 Å². The van der Waals surface area contributed by atoms with Crippen LogP contribution in [0, 0.1) is 28.2 Å². The fourth-order valence-electron chi connectivity index (χ4n) is 7.23. The first kappa shape index (κ1) is 42.2. The Bertz CT molecular complexity index is 2110. The minimum absolute atomic E-state index is 0. The van der Waals surface area contributed by atoms with Crippen LogP contribution in [0.2, 0.25) is 0 Å². The number of nitrogens with zero attached hydrogens (tertiary/aromatic N) is 1. The number of allylic oxidation sites excluding steroid dienone is 2. The summed E-state index contributed by atoms with van der Waals surface area (Å²) in [5.74, 6) is 2.76. The number of ether oxygens (including phenoxy) is 1. The number of fused-ring (bicyclic) bond motifs is 5. The summed E-state index contributed by atoms with van der Waals surface area (Å²) in [7, 11) is 0. The van der Waals surface area contributed by atoms with Gasteiger partial charge in [-0.15, -0.1) is 17.5 Å². The molecule has 6 rings (SSSR count). The third-order valence-electron chi connectivity index (χ3n) is 11.7. The van der Waals surface area contributed by atoms with E-state index < -0.39 is 0 Å². The number of carbonyl (C=O) groups is 1. The summed E-state index contributed by atoms with van der Waals surface area (Å²) in [4.78, 5) is 17.1. The van der Waals surface area contributed by atoms with Crippen LogP contribution in [0.1, 0.15) is 119 Å². The summed E-state index contributed by atoms with van der Waals surface area (Å²) < 4.78 is 6.84. The molecule has 1 aliphatic heterocycles. The van der Waals surface area contributed by atoms with Crippen molar-refractivity contribution in [2.45, 2.75) is 121 Å². The van der Waals surface area contributed by atoms with Gasteiger partial charge in [0.1, 0.15) is 11.5 Å². The zero-order chi connectivity index (χ0) is 38.0. The molecule has 4 nitrogen and oxygen atoms in total. The Hall–Kier alpha value is -3.53. The zero-order valence-electron chi connectivity index (χ0n) is 33.9. The van der Waals surface area contributed by atoms with Crippen molar-refractivity contribution in [3.63, 3.8) is 0 Å². The van der Waals surface area contributed by atoms with Crippen molar-refractivity contribution in [3.05, 3.63) is 89.8 Å². The summed E-state index contributed by atoms with van der Waals surface area (Å²) in [6.07, 6.45) is 9.81. The summed E-state index contributed by atoms with van der Waals surface area (Å²) in [5.41, 5.74) is 4.22. The molecular weight excluding hydrogens is 831 g/mol. The standard InChI is InChI=1S/C33H32NO.C15H28O2.Ir/c1-20(2)13-14-26-23-11-7-6-9-21(23)17-28-31-30-25(15-16-34-31)24-12-8-10-22(19-33(3,4)5)27(24)18-29(30)35-32(26)28;1-7-14(5,8-2)12(16)11-13(17)15(6,9-3)10-4;/h6-12,15-16,18,20H,13-14,19H2,1-5H3;11,16H,7-10H2,1-6H3;/q-1;;/b;12-11-;. The van der Waals surface area contributed by atoms with Crippen molar-refractivity contribution >= 4 is 38.1 Å². The number of aliphatic hydroxyl groups is 1. The number of hydrogen-bond donors (Lipinski definition) is 1. The maximum atomic E-state index is 12.2. The van der Waals surface area contributed by atoms with Crippen LogP contribution in [0.4, 0.5) is 0 Å². The summed E-state index contributed by atoms with van der Waals surface area (Å²) in [6.45, 7) is 23.5. The molecule has 285 valence electrons. The SMILES string of the molecule is CC(C)CCc1c2c([c-]c3ccccc13)-c1nccc3c1c(cc1c(CC(C)(C)C)cccc13)O2.CCC(C)(CC)C(=O)/C=C(\O)C(C)(CC)CC.[Ir]. The van der Waals surface area contributed by atoms with Crippen LogP contribution in [0.25, 0.3) is 43.6 Å². The average molecular weight is 891 g/mol. The van der Waals surface area contributed by atoms with Gasteiger partial charge in [0, 0.05) is 54.3 Å². The number of hydrogen-bond acceptors (Lipinski definition) is 4. The molecule has 4 aromatic carbocycles. The first-order chi connectivity index (χ1) is 24.6. The van der Waals surface area contributed by atoms with Gasteiger partial charge in [-0.2, -0.15) is 0 Å². The fraction of sp³-hybridized carbons (Fsp3) is 0.458.